The molecule has 0 N–H and O–H groups in total. The quantitative estimate of drug-likeness (QED) is 0.749. The van der Waals surface area contributed by atoms with E-state index >= 15 is 0 Å². The third-order valence-electron chi connectivity index (χ3n) is 2.98. The molecule has 1 rings (SSSR count). The van der Waals surface area contributed by atoms with Crippen LogP contribution in [0.2, 0.25) is 0 Å². The molecule has 0 aromatic heterocycles. The van der Waals surface area contributed by atoms with E-state index in [0.717, 1.165) is 24.6 Å². The summed E-state index contributed by atoms with van der Waals surface area (Å²) in [5, 5.41) is 0.695. The molecule has 0 aromatic rings. The monoisotopic (exact) mass is 297 g/mol. The topological polar surface area (TPSA) is 37.4 Å². The zero-order valence-electron chi connectivity index (χ0n) is 9.45. The van der Waals surface area contributed by atoms with Crippen molar-refractivity contribution in [2.24, 2.45) is 5.92 Å². The molecule has 0 amide bonds. The van der Waals surface area contributed by atoms with E-state index in [1.165, 1.54) is 0 Å². The molecule has 0 aliphatic carbocycles. The van der Waals surface area contributed by atoms with E-state index in [4.69, 9.17) is 0 Å². The summed E-state index contributed by atoms with van der Waals surface area (Å²) in [4.78, 5) is 0. The second kappa shape index (κ2) is 5.64. The number of sulfonamides is 1. The van der Waals surface area contributed by atoms with E-state index in [1.54, 1.807) is 18.2 Å². The van der Waals surface area contributed by atoms with Crippen molar-refractivity contribution >= 4 is 26.0 Å². The summed E-state index contributed by atoms with van der Waals surface area (Å²) in [7, 11) is -3.04. The summed E-state index contributed by atoms with van der Waals surface area (Å²) < 4.78 is 25.6. The van der Waals surface area contributed by atoms with Gasteiger partial charge in [-0.2, -0.15) is 0 Å². The minimum absolute atomic E-state index is 0.293. The molecule has 1 fully saturated rings. The standard InChI is InChI=1S/C10H20BrNO2S/c1-9(2)15(13,14)12-6-3-4-10(8-11)5-7-12/h9-10H,3-8H2,1-2H3. The number of nitrogens with zero attached hydrogens (tertiary/aromatic N) is 1. The molecule has 0 spiro atoms. The Bertz CT molecular complexity index is 290. The Hall–Kier alpha value is 0.390. The van der Waals surface area contributed by atoms with Gasteiger partial charge in [0.15, 0.2) is 0 Å². The highest BCUT2D eigenvalue weighted by Gasteiger charge is 2.27. The molecular weight excluding hydrogens is 278 g/mol. The van der Waals surface area contributed by atoms with Crippen molar-refractivity contribution in [1.82, 2.24) is 4.31 Å². The van der Waals surface area contributed by atoms with Gasteiger partial charge in [0.05, 0.1) is 5.25 Å². The average Bonchev–Trinajstić information content (AvgIpc) is 2.42. The zero-order chi connectivity index (χ0) is 11.5. The van der Waals surface area contributed by atoms with Crippen LogP contribution in [-0.2, 0) is 10.0 Å². The van der Waals surface area contributed by atoms with E-state index in [0.29, 0.717) is 19.0 Å². The predicted molar refractivity (Wildman–Crippen MR) is 66.8 cm³/mol. The van der Waals surface area contributed by atoms with Gasteiger partial charge in [-0.05, 0) is 39.0 Å². The van der Waals surface area contributed by atoms with Gasteiger partial charge in [-0.3, -0.25) is 0 Å². The van der Waals surface area contributed by atoms with Gasteiger partial charge in [0.2, 0.25) is 10.0 Å². The van der Waals surface area contributed by atoms with E-state index in [9.17, 15) is 8.42 Å². The van der Waals surface area contributed by atoms with Crippen molar-refractivity contribution in [3.05, 3.63) is 0 Å². The SMILES string of the molecule is CC(C)S(=O)(=O)N1CCCC(CBr)CC1. The first kappa shape index (κ1) is 13.5. The summed E-state index contributed by atoms with van der Waals surface area (Å²) in [5.74, 6) is 0.636. The molecule has 1 atom stereocenters. The number of hydrogen-bond donors (Lipinski definition) is 0. The third-order valence-corrected chi connectivity index (χ3v) is 6.17. The smallest absolute Gasteiger partial charge is 0.212 e. The lowest BCUT2D eigenvalue weighted by molar-refractivity contribution is 0.413. The Labute approximate surface area is 101 Å². The third kappa shape index (κ3) is 3.43. The van der Waals surface area contributed by atoms with Gasteiger partial charge >= 0.3 is 0 Å². The van der Waals surface area contributed by atoms with Crippen LogP contribution in [0.4, 0.5) is 0 Å². The molecule has 0 aromatic carbocycles. The lowest BCUT2D eigenvalue weighted by atomic mass is 10.0. The summed E-state index contributed by atoms with van der Waals surface area (Å²) in [5.41, 5.74) is 0. The molecule has 90 valence electrons. The Morgan fingerprint density at radius 3 is 2.53 bits per heavy atom. The second-order valence-corrected chi connectivity index (χ2v) is 7.58. The average molecular weight is 298 g/mol. The van der Waals surface area contributed by atoms with Crippen LogP contribution in [0.15, 0.2) is 0 Å². The van der Waals surface area contributed by atoms with E-state index in [2.05, 4.69) is 15.9 Å². The highest BCUT2D eigenvalue weighted by molar-refractivity contribution is 9.09. The van der Waals surface area contributed by atoms with Crippen LogP contribution in [-0.4, -0.2) is 36.4 Å². The van der Waals surface area contributed by atoms with Crippen molar-refractivity contribution in [2.75, 3.05) is 18.4 Å². The highest BCUT2D eigenvalue weighted by Crippen LogP contribution is 2.22. The Morgan fingerprint density at radius 1 is 1.33 bits per heavy atom. The molecule has 3 nitrogen and oxygen atoms in total. The van der Waals surface area contributed by atoms with Gasteiger partial charge in [-0.25, -0.2) is 12.7 Å². The maximum atomic E-state index is 11.9. The molecule has 15 heavy (non-hydrogen) atoms. The first-order chi connectivity index (χ1) is 6.98. The highest BCUT2D eigenvalue weighted by atomic mass is 79.9. The van der Waals surface area contributed by atoms with E-state index < -0.39 is 10.0 Å². The Kier molecular flexibility index (Phi) is 5.06. The fourth-order valence-corrected chi connectivity index (χ4v) is 3.83. The van der Waals surface area contributed by atoms with Crippen molar-refractivity contribution in [2.45, 2.75) is 38.4 Å². The number of hydrogen-bond acceptors (Lipinski definition) is 2. The van der Waals surface area contributed by atoms with Crippen molar-refractivity contribution in [3.8, 4) is 0 Å². The van der Waals surface area contributed by atoms with Crippen LogP contribution in [0.25, 0.3) is 0 Å². The van der Waals surface area contributed by atoms with Gasteiger partial charge in [0, 0.05) is 18.4 Å². The molecule has 1 aliphatic rings. The maximum absolute atomic E-state index is 11.9. The van der Waals surface area contributed by atoms with Crippen molar-refractivity contribution in [1.29, 1.82) is 0 Å². The molecule has 5 heteroatoms. The van der Waals surface area contributed by atoms with Crippen LogP contribution in [0.3, 0.4) is 0 Å². The molecule has 0 saturated carbocycles. The van der Waals surface area contributed by atoms with E-state index in [1.807, 2.05) is 0 Å². The van der Waals surface area contributed by atoms with Gasteiger partial charge in [-0.15, -0.1) is 0 Å². The van der Waals surface area contributed by atoms with Gasteiger partial charge in [-0.1, -0.05) is 15.9 Å². The van der Waals surface area contributed by atoms with Gasteiger partial charge in [0.1, 0.15) is 0 Å². The van der Waals surface area contributed by atoms with Crippen LogP contribution in [0, 0.1) is 5.92 Å². The molecule has 0 bridgehead atoms. The first-order valence-electron chi connectivity index (χ1n) is 5.53. The molecular formula is C10H20BrNO2S. The van der Waals surface area contributed by atoms with E-state index in [-0.39, 0.29) is 5.25 Å². The van der Waals surface area contributed by atoms with Crippen LogP contribution in [0.1, 0.15) is 33.1 Å². The number of alkyl halides is 1. The lowest BCUT2D eigenvalue weighted by Crippen LogP contribution is -2.37. The molecule has 1 saturated heterocycles. The Balaban J connectivity index is 2.66. The maximum Gasteiger partial charge on any atom is 0.216 e. The summed E-state index contributed by atoms with van der Waals surface area (Å²) in [6.07, 6.45) is 3.11. The number of rotatable bonds is 3. The largest absolute Gasteiger partial charge is 0.216 e. The first-order valence-corrected chi connectivity index (χ1v) is 8.16. The summed E-state index contributed by atoms with van der Waals surface area (Å²) in [6, 6.07) is 0. The molecule has 1 aliphatic heterocycles. The summed E-state index contributed by atoms with van der Waals surface area (Å²) in [6.45, 7) is 4.89. The van der Waals surface area contributed by atoms with Gasteiger partial charge in [0.25, 0.3) is 0 Å². The molecule has 1 unspecified atom stereocenters. The summed E-state index contributed by atoms with van der Waals surface area (Å²) >= 11 is 3.48. The predicted octanol–water partition coefficient (Wildman–Crippen LogP) is 2.22. The molecule has 0 radical (unpaired) electrons. The minimum atomic E-state index is -3.04. The van der Waals surface area contributed by atoms with Crippen LogP contribution in [0.5, 0.6) is 0 Å². The Morgan fingerprint density at radius 2 is 2.00 bits per heavy atom. The second-order valence-electron chi connectivity index (χ2n) is 4.44. The van der Waals surface area contributed by atoms with Gasteiger partial charge < -0.3 is 0 Å². The van der Waals surface area contributed by atoms with Crippen LogP contribution >= 0.6 is 15.9 Å². The number of halogens is 1. The van der Waals surface area contributed by atoms with Crippen molar-refractivity contribution < 1.29 is 8.42 Å². The lowest BCUT2D eigenvalue weighted by Gasteiger charge is -2.22. The fraction of sp³-hybridized carbons (Fsp3) is 1.00. The fourth-order valence-electron chi connectivity index (χ4n) is 1.85. The normalized spacial score (nSPS) is 25.5. The molecule has 1 heterocycles. The zero-order valence-corrected chi connectivity index (χ0v) is 11.8. The van der Waals surface area contributed by atoms with Crippen molar-refractivity contribution in [3.63, 3.8) is 0 Å². The van der Waals surface area contributed by atoms with Crippen LogP contribution < -0.4 is 0 Å². The minimum Gasteiger partial charge on any atom is -0.212 e.